The molecule has 0 amide bonds. The van der Waals surface area contributed by atoms with Crippen molar-refractivity contribution in [1.82, 2.24) is 19.2 Å². The van der Waals surface area contributed by atoms with Crippen LogP contribution < -0.4 is 10.0 Å². The molecule has 1 saturated heterocycles. The third kappa shape index (κ3) is 5.70. The number of hydrogen-bond acceptors (Lipinski definition) is 4. The van der Waals surface area contributed by atoms with E-state index < -0.39 is 29.0 Å². The number of rotatable bonds is 7. The van der Waals surface area contributed by atoms with Gasteiger partial charge in [-0.05, 0) is 6.42 Å². The van der Waals surface area contributed by atoms with Crippen molar-refractivity contribution >= 4 is 10.2 Å². The van der Waals surface area contributed by atoms with Crippen LogP contribution in [0.1, 0.15) is 13.3 Å². The maximum absolute atomic E-state index is 13.1. The molecule has 0 aromatic carbocycles. The summed E-state index contributed by atoms with van der Waals surface area (Å²) in [6.07, 6.45) is -3.87. The first-order chi connectivity index (χ1) is 9.68. The smallest absolute Gasteiger partial charge is 0.314 e. The van der Waals surface area contributed by atoms with Gasteiger partial charge in [-0.15, -0.1) is 0 Å². The van der Waals surface area contributed by atoms with Crippen LogP contribution in [0.3, 0.4) is 0 Å². The second-order valence-electron chi connectivity index (χ2n) is 5.02. The molecule has 1 atom stereocenters. The first-order valence-electron chi connectivity index (χ1n) is 6.91. The Labute approximate surface area is 123 Å². The van der Waals surface area contributed by atoms with Gasteiger partial charge in [0.25, 0.3) is 10.2 Å². The van der Waals surface area contributed by atoms with Crippen LogP contribution >= 0.6 is 0 Å². The molecule has 10 heteroatoms. The van der Waals surface area contributed by atoms with E-state index in [1.807, 2.05) is 0 Å². The third-order valence-corrected chi connectivity index (χ3v) is 4.91. The summed E-state index contributed by atoms with van der Waals surface area (Å²) in [6, 6.07) is -1.80. The highest BCUT2D eigenvalue weighted by atomic mass is 32.2. The van der Waals surface area contributed by atoms with E-state index in [1.54, 1.807) is 6.92 Å². The first-order valence-corrected chi connectivity index (χ1v) is 8.35. The van der Waals surface area contributed by atoms with Crippen LogP contribution in [-0.4, -0.2) is 76.2 Å². The minimum Gasteiger partial charge on any atom is -0.314 e. The second kappa shape index (κ2) is 7.73. The van der Waals surface area contributed by atoms with Crippen LogP contribution in [0, 0.1) is 0 Å². The monoisotopic (exact) mass is 332 g/mol. The average molecular weight is 332 g/mol. The molecule has 1 rings (SSSR count). The molecule has 1 fully saturated rings. The Morgan fingerprint density at radius 1 is 1.33 bits per heavy atom. The fourth-order valence-electron chi connectivity index (χ4n) is 2.18. The molecular formula is C11H23F3N4O2S. The highest BCUT2D eigenvalue weighted by Gasteiger charge is 2.44. The Balaban J connectivity index is 2.69. The van der Waals surface area contributed by atoms with E-state index in [4.69, 9.17) is 0 Å². The number of nitrogens with zero attached hydrogens (tertiary/aromatic N) is 2. The quantitative estimate of drug-likeness (QED) is 0.689. The van der Waals surface area contributed by atoms with E-state index >= 15 is 0 Å². The maximum Gasteiger partial charge on any atom is 0.405 e. The molecule has 1 heterocycles. The van der Waals surface area contributed by atoms with Crippen LogP contribution in [-0.2, 0) is 10.2 Å². The molecular weight excluding hydrogens is 309 g/mol. The Bertz CT molecular complexity index is 410. The normalized spacial score (nSPS) is 19.9. The van der Waals surface area contributed by atoms with Crippen molar-refractivity contribution in [3.63, 3.8) is 0 Å². The average Bonchev–Trinajstić information content (AvgIpc) is 2.38. The van der Waals surface area contributed by atoms with Gasteiger partial charge in [0.1, 0.15) is 6.04 Å². The van der Waals surface area contributed by atoms with Crippen molar-refractivity contribution in [2.75, 3.05) is 46.3 Å². The zero-order chi connectivity index (χ0) is 16.1. The maximum atomic E-state index is 13.1. The molecule has 0 radical (unpaired) electrons. The van der Waals surface area contributed by atoms with Crippen LogP contribution in [0.4, 0.5) is 13.2 Å². The van der Waals surface area contributed by atoms with Crippen LogP contribution in [0.5, 0.6) is 0 Å². The number of nitrogens with one attached hydrogen (secondary N) is 2. The lowest BCUT2D eigenvalue weighted by atomic mass is 10.2. The number of halogens is 3. The van der Waals surface area contributed by atoms with Gasteiger partial charge in [0, 0.05) is 46.3 Å². The van der Waals surface area contributed by atoms with Crippen LogP contribution in [0.25, 0.3) is 0 Å². The summed E-state index contributed by atoms with van der Waals surface area (Å²) in [5.74, 6) is 0. The van der Waals surface area contributed by atoms with Gasteiger partial charge in [0.05, 0.1) is 0 Å². The summed E-state index contributed by atoms with van der Waals surface area (Å²) in [5, 5.41) is 2.97. The molecule has 0 bridgehead atoms. The van der Waals surface area contributed by atoms with Gasteiger partial charge in [0.2, 0.25) is 0 Å². The van der Waals surface area contributed by atoms with E-state index in [0.29, 0.717) is 19.5 Å². The summed E-state index contributed by atoms with van der Waals surface area (Å²) >= 11 is 0. The molecule has 1 aliphatic heterocycles. The third-order valence-electron chi connectivity index (χ3n) is 3.38. The zero-order valence-corrected chi connectivity index (χ0v) is 13.1. The molecule has 126 valence electrons. The Morgan fingerprint density at radius 3 is 2.38 bits per heavy atom. The van der Waals surface area contributed by atoms with E-state index in [1.165, 1.54) is 11.9 Å². The van der Waals surface area contributed by atoms with Crippen molar-refractivity contribution in [3.8, 4) is 0 Å². The molecule has 1 aliphatic rings. The van der Waals surface area contributed by atoms with Gasteiger partial charge in [-0.1, -0.05) is 6.92 Å². The van der Waals surface area contributed by atoms with Crippen LogP contribution in [0.2, 0.25) is 0 Å². The van der Waals surface area contributed by atoms with E-state index in [0.717, 1.165) is 4.31 Å². The lowest BCUT2D eigenvalue weighted by molar-refractivity contribution is -0.182. The molecule has 0 aromatic rings. The molecule has 21 heavy (non-hydrogen) atoms. The fraction of sp³-hybridized carbons (Fsp3) is 1.00. The van der Waals surface area contributed by atoms with Crippen molar-refractivity contribution in [1.29, 1.82) is 0 Å². The second-order valence-corrected chi connectivity index (χ2v) is 6.88. The van der Waals surface area contributed by atoms with E-state index in [9.17, 15) is 21.6 Å². The van der Waals surface area contributed by atoms with Gasteiger partial charge in [0.15, 0.2) is 0 Å². The van der Waals surface area contributed by atoms with Crippen molar-refractivity contribution < 1.29 is 21.6 Å². The molecule has 6 nitrogen and oxygen atoms in total. The van der Waals surface area contributed by atoms with Gasteiger partial charge < -0.3 is 5.32 Å². The summed E-state index contributed by atoms with van der Waals surface area (Å²) in [5.41, 5.74) is 0. The van der Waals surface area contributed by atoms with Crippen LogP contribution in [0.15, 0.2) is 0 Å². The molecule has 1 unspecified atom stereocenters. The lowest BCUT2D eigenvalue weighted by Crippen LogP contribution is -2.58. The summed E-state index contributed by atoms with van der Waals surface area (Å²) in [4.78, 5) is 1.26. The number of alkyl halides is 3. The Kier molecular flexibility index (Phi) is 6.85. The van der Waals surface area contributed by atoms with Gasteiger partial charge in [-0.25, -0.2) is 4.72 Å². The number of hydrogen-bond donors (Lipinski definition) is 2. The minimum atomic E-state index is -4.47. The predicted octanol–water partition coefficient (Wildman–Crippen LogP) is -0.00130. The Morgan fingerprint density at radius 2 is 1.90 bits per heavy atom. The summed E-state index contributed by atoms with van der Waals surface area (Å²) in [7, 11) is -2.53. The molecule has 0 spiro atoms. The van der Waals surface area contributed by atoms with Gasteiger partial charge in [-0.2, -0.15) is 25.9 Å². The largest absolute Gasteiger partial charge is 0.405 e. The van der Waals surface area contributed by atoms with Crippen molar-refractivity contribution in [3.05, 3.63) is 0 Å². The number of piperazine rings is 1. The van der Waals surface area contributed by atoms with Crippen molar-refractivity contribution in [2.24, 2.45) is 0 Å². The fourth-order valence-corrected chi connectivity index (χ4v) is 3.19. The van der Waals surface area contributed by atoms with Crippen molar-refractivity contribution in [2.45, 2.75) is 25.6 Å². The van der Waals surface area contributed by atoms with Gasteiger partial charge >= 0.3 is 6.18 Å². The Hall–Kier alpha value is -0.420. The molecule has 0 aliphatic carbocycles. The van der Waals surface area contributed by atoms with E-state index in [-0.39, 0.29) is 19.6 Å². The van der Waals surface area contributed by atoms with E-state index in [2.05, 4.69) is 10.0 Å². The highest BCUT2D eigenvalue weighted by Crippen LogP contribution is 2.25. The zero-order valence-electron chi connectivity index (χ0n) is 12.3. The lowest BCUT2D eigenvalue weighted by Gasteiger charge is -2.36. The minimum absolute atomic E-state index is 0.247. The van der Waals surface area contributed by atoms with Gasteiger partial charge in [-0.3, -0.25) is 4.90 Å². The SMILES string of the molecule is CCCN(C)S(=O)(=O)NCC(N1CCNCC1)C(F)(F)F. The topological polar surface area (TPSA) is 64.7 Å². The molecule has 0 aromatic heterocycles. The predicted molar refractivity (Wildman–Crippen MR) is 74.1 cm³/mol. The standard InChI is InChI=1S/C11H23F3N4O2S/c1-3-6-17(2)21(19,20)16-9-10(11(12,13)14)18-7-4-15-5-8-18/h10,15-16H,3-9H2,1-2H3. The highest BCUT2D eigenvalue weighted by molar-refractivity contribution is 7.87. The summed E-state index contributed by atoms with van der Waals surface area (Å²) < 4.78 is 66.1. The molecule has 0 saturated carbocycles. The molecule has 2 N–H and O–H groups in total. The summed E-state index contributed by atoms with van der Waals surface area (Å²) in [6.45, 7) is 2.82. The first kappa shape index (κ1) is 18.6.